The first-order valence-corrected chi connectivity index (χ1v) is 10.4. The molecule has 2 fully saturated rings. The van der Waals surface area contributed by atoms with Crippen molar-refractivity contribution in [1.82, 2.24) is 9.62 Å². The number of nitrogens with zero attached hydrogens (tertiary/aromatic N) is 1. The van der Waals surface area contributed by atoms with Gasteiger partial charge in [0, 0.05) is 25.7 Å². The molecule has 2 aliphatic rings. The molecule has 0 amide bonds. The van der Waals surface area contributed by atoms with E-state index in [9.17, 15) is 8.42 Å². The minimum Gasteiger partial charge on any atom is -0.310 e. The first kappa shape index (κ1) is 16.9. The summed E-state index contributed by atoms with van der Waals surface area (Å²) in [4.78, 5) is 0.431. The summed E-state index contributed by atoms with van der Waals surface area (Å²) in [7, 11) is -3.30. The molecule has 0 atom stereocenters. The quantitative estimate of drug-likeness (QED) is 0.898. The zero-order valence-corrected chi connectivity index (χ0v) is 14.7. The molecule has 1 aliphatic heterocycles. The van der Waals surface area contributed by atoms with E-state index in [1.807, 2.05) is 12.1 Å². The molecule has 0 radical (unpaired) electrons. The van der Waals surface area contributed by atoms with E-state index in [-0.39, 0.29) is 0 Å². The average Bonchev–Trinajstić information content (AvgIpc) is 2.62. The van der Waals surface area contributed by atoms with Crippen LogP contribution >= 0.6 is 0 Å². The third-order valence-corrected chi connectivity index (χ3v) is 6.99. The summed E-state index contributed by atoms with van der Waals surface area (Å²) in [6.45, 7) is 2.15. The lowest BCUT2D eigenvalue weighted by molar-refractivity contribution is 0.346. The molecule has 0 aromatic heterocycles. The van der Waals surface area contributed by atoms with Gasteiger partial charge in [-0.3, -0.25) is 0 Å². The van der Waals surface area contributed by atoms with Gasteiger partial charge >= 0.3 is 0 Å². The molecule has 0 spiro atoms. The van der Waals surface area contributed by atoms with Crippen molar-refractivity contribution in [2.45, 2.75) is 68.8 Å². The predicted octanol–water partition coefficient (Wildman–Crippen LogP) is 3.28. The van der Waals surface area contributed by atoms with Gasteiger partial charge in [-0.1, -0.05) is 37.8 Å². The highest BCUT2D eigenvalue weighted by atomic mass is 32.2. The van der Waals surface area contributed by atoms with Crippen LogP contribution in [0.15, 0.2) is 29.2 Å². The largest absolute Gasteiger partial charge is 0.310 e. The highest BCUT2D eigenvalue weighted by molar-refractivity contribution is 7.89. The summed E-state index contributed by atoms with van der Waals surface area (Å²) in [6, 6.07) is 8.06. The van der Waals surface area contributed by atoms with E-state index in [1.165, 1.54) is 32.1 Å². The van der Waals surface area contributed by atoms with Gasteiger partial charge in [0.05, 0.1) is 4.90 Å². The lowest BCUT2D eigenvalue weighted by atomic mass is 9.95. The molecule has 3 rings (SSSR count). The Morgan fingerprint density at radius 1 is 0.913 bits per heavy atom. The van der Waals surface area contributed by atoms with Gasteiger partial charge in [0.25, 0.3) is 0 Å². The molecular formula is C18H28N2O2S. The van der Waals surface area contributed by atoms with E-state index in [1.54, 1.807) is 16.4 Å². The van der Waals surface area contributed by atoms with Gasteiger partial charge in [-0.15, -0.1) is 0 Å². The summed E-state index contributed by atoms with van der Waals surface area (Å²) in [6.07, 6.45) is 9.63. The number of nitrogens with one attached hydrogen (secondary N) is 1. The van der Waals surface area contributed by atoms with Crippen molar-refractivity contribution >= 4 is 10.0 Å². The highest BCUT2D eigenvalue weighted by Gasteiger charge is 2.25. The maximum atomic E-state index is 12.6. The van der Waals surface area contributed by atoms with Gasteiger partial charge in [-0.25, -0.2) is 8.42 Å². The number of sulfonamides is 1. The molecule has 23 heavy (non-hydrogen) atoms. The lowest BCUT2D eigenvalue weighted by Gasteiger charge is -2.26. The maximum absolute atomic E-state index is 12.6. The molecule has 1 aromatic rings. The molecule has 5 heteroatoms. The summed E-state index contributed by atoms with van der Waals surface area (Å²) < 4.78 is 26.9. The van der Waals surface area contributed by atoms with Crippen molar-refractivity contribution in [3.63, 3.8) is 0 Å². The standard InChI is InChI=1S/C18H28N2O2S/c21-23(22,20-13-5-2-6-14-20)18-11-9-16(10-12-18)15-19-17-7-3-1-4-8-17/h9-12,17,19H,1-8,13-15H2. The molecule has 1 aliphatic carbocycles. The van der Waals surface area contributed by atoms with E-state index in [0.29, 0.717) is 24.0 Å². The van der Waals surface area contributed by atoms with Crippen molar-refractivity contribution in [2.24, 2.45) is 0 Å². The van der Waals surface area contributed by atoms with Crippen LogP contribution in [0.3, 0.4) is 0 Å². The predicted molar refractivity (Wildman–Crippen MR) is 92.8 cm³/mol. The summed E-state index contributed by atoms with van der Waals surface area (Å²) in [5, 5.41) is 3.60. The second kappa shape index (κ2) is 7.77. The van der Waals surface area contributed by atoms with Crippen molar-refractivity contribution in [3.05, 3.63) is 29.8 Å². The summed E-state index contributed by atoms with van der Waals surface area (Å²) in [5.41, 5.74) is 1.16. The number of piperidine rings is 1. The van der Waals surface area contributed by atoms with Gasteiger partial charge < -0.3 is 5.32 Å². The highest BCUT2D eigenvalue weighted by Crippen LogP contribution is 2.21. The molecule has 4 nitrogen and oxygen atoms in total. The molecule has 1 aromatic carbocycles. The van der Waals surface area contributed by atoms with Crippen LogP contribution in [0.1, 0.15) is 56.9 Å². The smallest absolute Gasteiger partial charge is 0.243 e. The Balaban J connectivity index is 1.59. The van der Waals surface area contributed by atoms with E-state index < -0.39 is 10.0 Å². The van der Waals surface area contributed by atoms with Gasteiger partial charge in [0.2, 0.25) is 10.0 Å². The first-order chi connectivity index (χ1) is 11.2. The fourth-order valence-electron chi connectivity index (χ4n) is 3.60. The minimum absolute atomic E-state index is 0.431. The average molecular weight is 337 g/mol. The first-order valence-electron chi connectivity index (χ1n) is 8.99. The molecule has 1 N–H and O–H groups in total. The Hall–Kier alpha value is -0.910. The van der Waals surface area contributed by atoms with Gasteiger partial charge in [-0.2, -0.15) is 4.31 Å². The van der Waals surface area contributed by atoms with E-state index >= 15 is 0 Å². The second-order valence-electron chi connectivity index (χ2n) is 6.82. The zero-order valence-electron chi connectivity index (χ0n) is 13.8. The Morgan fingerprint density at radius 3 is 2.17 bits per heavy atom. The lowest BCUT2D eigenvalue weighted by Crippen LogP contribution is -2.35. The Labute approximate surface area is 140 Å². The van der Waals surface area contributed by atoms with Crippen LogP contribution in [0.4, 0.5) is 0 Å². The fourth-order valence-corrected chi connectivity index (χ4v) is 5.12. The minimum atomic E-state index is -3.30. The van der Waals surface area contributed by atoms with Crippen LogP contribution in [-0.4, -0.2) is 31.9 Å². The Bertz CT molecular complexity index is 586. The normalized spacial score (nSPS) is 21.4. The van der Waals surface area contributed by atoms with Crippen LogP contribution in [0, 0.1) is 0 Å². The van der Waals surface area contributed by atoms with Crippen LogP contribution < -0.4 is 5.32 Å². The molecule has 1 saturated carbocycles. The van der Waals surface area contributed by atoms with Crippen molar-refractivity contribution in [2.75, 3.05) is 13.1 Å². The van der Waals surface area contributed by atoms with E-state index in [4.69, 9.17) is 0 Å². The Kier molecular flexibility index (Phi) is 5.72. The van der Waals surface area contributed by atoms with Gasteiger partial charge in [-0.05, 0) is 43.4 Å². The summed E-state index contributed by atoms with van der Waals surface area (Å²) in [5.74, 6) is 0. The van der Waals surface area contributed by atoms with Crippen molar-refractivity contribution in [1.29, 1.82) is 0 Å². The molecule has 1 heterocycles. The number of hydrogen-bond acceptors (Lipinski definition) is 3. The van der Waals surface area contributed by atoms with Crippen LogP contribution in [-0.2, 0) is 16.6 Å². The monoisotopic (exact) mass is 336 g/mol. The molecule has 0 unspecified atom stereocenters. The van der Waals surface area contributed by atoms with Gasteiger partial charge in [0.15, 0.2) is 0 Å². The third-order valence-electron chi connectivity index (χ3n) is 5.08. The van der Waals surface area contributed by atoms with E-state index in [2.05, 4.69) is 5.32 Å². The molecule has 128 valence electrons. The number of benzene rings is 1. The van der Waals surface area contributed by atoms with Crippen molar-refractivity contribution < 1.29 is 8.42 Å². The zero-order chi connectivity index (χ0) is 16.1. The third kappa shape index (κ3) is 4.34. The molecular weight excluding hydrogens is 308 g/mol. The van der Waals surface area contributed by atoms with Crippen LogP contribution in [0.25, 0.3) is 0 Å². The number of rotatable bonds is 5. The number of hydrogen-bond donors (Lipinski definition) is 1. The SMILES string of the molecule is O=S(=O)(c1ccc(CNC2CCCCC2)cc1)N1CCCCC1. The second-order valence-corrected chi connectivity index (χ2v) is 8.76. The van der Waals surface area contributed by atoms with E-state index in [0.717, 1.165) is 31.4 Å². The maximum Gasteiger partial charge on any atom is 0.243 e. The van der Waals surface area contributed by atoms with Crippen LogP contribution in [0.2, 0.25) is 0 Å². The van der Waals surface area contributed by atoms with Crippen molar-refractivity contribution in [3.8, 4) is 0 Å². The molecule has 0 bridgehead atoms. The fraction of sp³-hybridized carbons (Fsp3) is 0.667. The van der Waals surface area contributed by atoms with Gasteiger partial charge in [0.1, 0.15) is 0 Å². The summed E-state index contributed by atoms with van der Waals surface area (Å²) >= 11 is 0. The van der Waals surface area contributed by atoms with Crippen LogP contribution in [0.5, 0.6) is 0 Å². The topological polar surface area (TPSA) is 49.4 Å². The molecule has 1 saturated heterocycles. The Morgan fingerprint density at radius 2 is 1.52 bits per heavy atom.